The van der Waals surface area contributed by atoms with Gasteiger partial charge >= 0.3 is 0 Å². The molecule has 1 aliphatic rings. The molecule has 3 heteroatoms. The Labute approximate surface area is 170 Å². The molecule has 0 amide bonds. The van der Waals surface area contributed by atoms with E-state index in [-0.39, 0.29) is 5.92 Å². The number of ether oxygens (including phenoxy) is 1. The zero-order chi connectivity index (χ0) is 19.6. The van der Waals surface area contributed by atoms with Crippen LogP contribution in [0.4, 0.5) is 0 Å². The second kappa shape index (κ2) is 11.2. The molecule has 3 rings (SSSR count). The van der Waals surface area contributed by atoms with Crippen molar-refractivity contribution in [1.29, 1.82) is 0 Å². The number of aliphatic hydroxyl groups excluding tert-OH is 1. The minimum atomic E-state index is -0.494. The number of piperidine rings is 1. The molecular formula is C25H36NO2+. The van der Waals surface area contributed by atoms with Crippen molar-refractivity contribution in [3.8, 4) is 5.75 Å². The molecule has 1 saturated heterocycles. The van der Waals surface area contributed by atoms with E-state index < -0.39 is 6.10 Å². The molecule has 0 saturated carbocycles. The maximum absolute atomic E-state index is 11.2. The van der Waals surface area contributed by atoms with Gasteiger partial charge in [-0.3, -0.25) is 0 Å². The molecule has 1 heterocycles. The highest BCUT2D eigenvalue weighted by molar-refractivity contribution is 5.31. The van der Waals surface area contributed by atoms with E-state index in [2.05, 4.69) is 31.2 Å². The monoisotopic (exact) mass is 382 g/mol. The summed E-state index contributed by atoms with van der Waals surface area (Å²) in [7, 11) is 0. The van der Waals surface area contributed by atoms with Gasteiger partial charge in [0.1, 0.15) is 5.75 Å². The number of hydrogen-bond acceptors (Lipinski definition) is 2. The average molecular weight is 383 g/mol. The first-order valence-corrected chi connectivity index (χ1v) is 11.1. The van der Waals surface area contributed by atoms with E-state index in [4.69, 9.17) is 4.74 Å². The van der Waals surface area contributed by atoms with Crippen LogP contribution in [-0.2, 0) is 0 Å². The molecule has 1 aliphatic heterocycles. The van der Waals surface area contributed by atoms with Gasteiger partial charge in [-0.05, 0) is 48.9 Å². The summed E-state index contributed by atoms with van der Waals surface area (Å²) in [6.07, 6.45) is 6.96. The summed E-state index contributed by atoms with van der Waals surface area (Å²) >= 11 is 0. The fourth-order valence-electron chi connectivity index (χ4n) is 4.21. The Morgan fingerprint density at radius 3 is 2.29 bits per heavy atom. The normalized spacial score (nSPS) is 17.2. The van der Waals surface area contributed by atoms with Crippen LogP contribution in [0, 0.1) is 0 Å². The number of aliphatic hydroxyl groups is 1. The molecule has 2 aromatic carbocycles. The first kappa shape index (κ1) is 20.9. The van der Waals surface area contributed by atoms with Gasteiger partial charge in [0, 0.05) is 0 Å². The van der Waals surface area contributed by atoms with Crippen molar-refractivity contribution in [3.63, 3.8) is 0 Å². The summed E-state index contributed by atoms with van der Waals surface area (Å²) in [5.41, 5.74) is 2.21. The second-order valence-electron chi connectivity index (χ2n) is 8.10. The Morgan fingerprint density at radius 2 is 1.61 bits per heavy atom. The number of rotatable bonds is 10. The lowest BCUT2D eigenvalue weighted by Crippen LogP contribution is -3.13. The van der Waals surface area contributed by atoms with Crippen molar-refractivity contribution >= 4 is 0 Å². The molecular weight excluding hydrogens is 346 g/mol. The second-order valence-corrected chi connectivity index (χ2v) is 8.10. The predicted octanol–water partition coefficient (Wildman–Crippen LogP) is 4.14. The lowest BCUT2D eigenvalue weighted by atomic mass is 9.88. The van der Waals surface area contributed by atoms with Crippen molar-refractivity contribution < 1.29 is 14.7 Å². The third-order valence-electron chi connectivity index (χ3n) is 5.92. The molecule has 0 spiro atoms. The van der Waals surface area contributed by atoms with Crippen LogP contribution in [0.5, 0.6) is 5.75 Å². The van der Waals surface area contributed by atoms with Gasteiger partial charge in [0.25, 0.3) is 0 Å². The number of quaternary nitrogens is 1. The molecule has 2 N–H and O–H groups in total. The number of likely N-dealkylation sites (tertiary alicyclic amines) is 1. The Kier molecular flexibility index (Phi) is 8.38. The molecule has 2 atom stereocenters. The molecule has 0 unspecified atom stereocenters. The van der Waals surface area contributed by atoms with Gasteiger partial charge in [-0.1, -0.05) is 62.2 Å². The Morgan fingerprint density at radius 1 is 0.893 bits per heavy atom. The molecule has 152 valence electrons. The first-order chi connectivity index (χ1) is 13.8. The van der Waals surface area contributed by atoms with Crippen LogP contribution in [0.15, 0.2) is 54.6 Å². The predicted molar refractivity (Wildman–Crippen MR) is 115 cm³/mol. The van der Waals surface area contributed by atoms with E-state index in [0.29, 0.717) is 0 Å². The third kappa shape index (κ3) is 6.08. The number of nitrogens with one attached hydrogen (secondary N) is 1. The molecule has 0 aliphatic carbocycles. The maximum atomic E-state index is 11.2. The van der Waals surface area contributed by atoms with Crippen LogP contribution >= 0.6 is 0 Å². The van der Waals surface area contributed by atoms with Crippen LogP contribution in [0.2, 0.25) is 0 Å². The van der Waals surface area contributed by atoms with E-state index >= 15 is 0 Å². The fourth-order valence-corrected chi connectivity index (χ4v) is 4.21. The summed E-state index contributed by atoms with van der Waals surface area (Å²) in [4.78, 5) is 1.62. The van der Waals surface area contributed by atoms with E-state index in [0.717, 1.165) is 30.9 Å². The van der Waals surface area contributed by atoms with Gasteiger partial charge in [0.15, 0.2) is 0 Å². The number of hydrogen-bond donors (Lipinski definition) is 2. The average Bonchev–Trinajstić information content (AvgIpc) is 2.76. The minimum Gasteiger partial charge on any atom is -0.494 e. The van der Waals surface area contributed by atoms with E-state index in [9.17, 15) is 5.11 Å². The summed E-state index contributed by atoms with van der Waals surface area (Å²) in [5.74, 6) is 1.01. The third-order valence-corrected chi connectivity index (χ3v) is 5.92. The molecule has 0 bridgehead atoms. The minimum absolute atomic E-state index is 0.116. The topological polar surface area (TPSA) is 33.9 Å². The van der Waals surface area contributed by atoms with E-state index in [1.54, 1.807) is 4.90 Å². The molecule has 28 heavy (non-hydrogen) atoms. The Bertz CT molecular complexity index is 665. The molecule has 2 aromatic rings. The van der Waals surface area contributed by atoms with Crippen LogP contribution in [0.1, 0.15) is 68.6 Å². The van der Waals surface area contributed by atoms with Gasteiger partial charge in [-0.15, -0.1) is 0 Å². The quantitative estimate of drug-likeness (QED) is 0.606. The largest absolute Gasteiger partial charge is 0.494 e. The summed E-state index contributed by atoms with van der Waals surface area (Å²) in [5, 5.41) is 11.2. The highest BCUT2D eigenvalue weighted by Gasteiger charge is 2.28. The smallest absolute Gasteiger partial charge is 0.119 e. The van der Waals surface area contributed by atoms with E-state index in [1.165, 1.54) is 50.8 Å². The van der Waals surface area contributed by atoms with Crippen molar-refractivity contribution in [3.05, 3.63) is 65.7 Å². The Balaban J connectivity index is 1.68. The van der Waals surface area contributed by atoms with Crippen LogP contribution in [0.25, 0.3) is 0 Å². The fraction of sp³-hybridized carbons (Fsp3) is 0.520. The lowest BCUT2D eigenvalue weighted by Gasteiger charge is -2.30. The maximum Gasteiger partial charge on any atom is 0.119 e. The SMILES string of the molecule is CCCCCOc1ccc([C@H](O)[C@@H](C[NH+]2CCCCC2)c2ccccc2)cc1. The van der Waals surface area contributed by atoms with Crippen molar-refractivity contribution in [2.45, 2.75) is 57.5 Å². The number of unbranched alkanes of at least 4 members (excludes halogenated alkanes) is 2. The van der Waals surface area contributed by atoms with Crippen LogP contribution in [-0.4, -0.2) is 31.3 Å². The van der Waals surface area contributed by atoms with Crippen molar-refractivity contribution in [2.24, 2.45) is 0 Å². The molecule has 3 nitrogen and oxygen atoms in total. The number of benzene rings is 2. The summed E-state index contributed by atoms with van der Waals surface area (Å²) < 4.78 is 5.82. The van der Waals surface area contributed by atoms with Gasteiger partial charge in [-0.25, -0.2) is 0 Å². The van der Waals surface area contributed by atoms with Gasteiger partial charge in [0.2, 0.25) is 0 Å². The zero-order valence-electron chi connectivity index (χ0n) is 17.3. The lowest BCUT2D eigenvalue weighted by molar-refractivity contribution is -0.906. The van der Waals surface area contributed by atoms with Gasteiger partial charge in [-0.2, -0.15) is 0 Å². The standard InChI is InChI=1S/C25H35NO2/c1-2-3-10-19-28-23-15-13-22(14-16-23)25(27)24(21-11-6-4-7-12-21)20-26-17-8-5-9-18-26/h4,6-7,11-16,24-25,27H,2-3,5,8-10,17-20H2,1H3/p+1/t24-,25-/m0/s1. The van der Waals surface area contributed by atoms with Gasteiger partial charge < -0.3 is 14.7 Å². The highest BCUT2D eigenvalue weighted by atomic mass is 16.5. The molecule has 0 radical (unpaired) electrons. The first-order valence-electron chi connectivity index (χ1n) is 11.1. The van der Waals surface area contributed by atoms with E-state index in [1.807, 2.05) is 30.3 Å². The van der Waals surface area contributed by atoms with Crippen molar-refractivity contribution in [1.82, 2.24) is 0 Å². The van der Waals surface area contributed by atoms with Crippen LogP contribution in [0.3, 0.4) is 0 Å². The molecule has 0 aromatic heterocycles. The molecule has 1 fully saturated rings. The highest BCUT2D eigenvalue weighted by Crippen LogP contribution is 2.31. The Hall–Kier alpha value is -1.84. The summed E-state index contributed by atoms with van der Waals surface area (Å²) in [6.45, 7) is 6.40. The van der Waals surface area contributed by atoms with Crippen LogP contribution < -0.4 is 9.64 Å². The zero-order valence-corrected chi connectivity index (χ0v) is 17.3. The van der Waals surface area contributed by atoms with Gasteiger partial charge in [0.05, 0.1) is 38.3 Å². The summed E-state index contributed by atoms with van der Waals surface area (Å²) in [6, 6.07) is 18.6. The van der Waals surface area contributed by atoms with Crippen molar-refractivity contribution in [2.75, 3.05) is 26.2 Å².